The molecule has 1 unspecified atom stereocenters. The number of nitrogens with zero attached hydrogens (tertiary/aromatic N) is 1. The van der Waals surface area contributed by atoms with E-state index in [0.29, 0.717) is 6.54 Å². The lowest BCUT2D eigenvalue weighted by Crippen LogP contribution is -2.25. The molecule has 0 amide bonds. The summed E-state index contributed by atoms with van der Waals surface area (Å²) in [5.41, 5.74) is 7.00. The van der Waals surface area contributed by atoms with Crippen molar-refractivity contribution in [3.8, 4) is 0 Å². The molecule has 112 valence electrons. The van der Waals surface area contributed by atoms with E-state index < -0.39 is 6.10 Å². The summed E-state index contributed by atoms with van der Waals surface area (Å²) in [6.07, 6.45) is -0.476. The molecule has 2 heteroatoms. The maximum Gasteiger partial charge on any atom is 0.0969 e. The second-order valence-electron chi connectivity index (χ2n) is 6.05. The Bertz CT molecular complexity index is 610. The van der Waals surface area contributed by atoms with Crippen molar-refractivity contribution in [1.82, 2.24) is 0 Å². The molecule has 0 aromatic heterocycles. The highest BCUT2D eigenvalue weighted by Crippen LogP contribution is 2.25. The van der Waals surface area contributed by atoms with Gasteiger partial charge in [-0.05, 0) is 62.1 Å². The zero-order valence-electron chi connectivity index (χ0n) is 13.6. The summed E-state index contributed by atoms with van der Waals surface area (Å²) >= 11 is 0. The van der Waals surface area contributed by atoms with Gasteiger partial charge in [0, 0.05) is 19.3 Å². The number of hydrogen-bond acceptors (Lipinski definition) is 2. The number of aryl methyl sites for hydroxylation is 4. The van der Waals surface area contributed by atoms with Crippen LogP contribution in [0.1, 0.15) is 33.9 Å². The van der Waals surface area contributed by atoms with Crippen molar-refractivity contribution < 1.29 is 5.11 Å². The van der Waals surface area contributed by atoms with Crippen molar-refractivity contribution in [3.05, 3.63) is 64.2 Å². The molecule has 21 heavy (non-hydrogen) atoms. The fourth-order valence-electron chi connectivity index (χ4n) is 3.04. The van der Waals surface area contributed by atoms with Gasteiger partial charge in [-0.25, -0.2) is 0 Å². The molecule has 1 N–H and O–H groups in total. The van der Waals surface area contributed by atoms with E-state index in [-0.39, 0.29) is 0 Å². The van der Waals surface area contributed by atoms with Crippen molar-refractivity contribution in [3.63, 3.8) is 0 Å². The van der Waals surface area contributed by atoms with Gasteiger partial charge in [-0.3, -0.25) is 0 Å². The highest BCUT2D eigenvalue weighted by Gasteiger charge is 2.16. The molecule has 0 bridgehead atoms. The molecule has 1 atom stereocenters. The third-order valence-electron chi connectivity index (χ3n) is 3.96. The fourth-order valence-corrected chi connectivity index (χ4v) is 3.04. The van der Waals surface area contributed by atoms with Gasteiger partial charge in [-0.1, -0.05) is 29.8 Å². The molecule has 0 spiro atoms. The minimum absolute atomic E-state index is 0.476. The largest absolute Gasteiger partial charge is 0.387 e. The van der Waals surface area contributed by atoms with Crippen LogP contribution in [-0.4, -0.2) is 18.7 Å². The first kappa shape index (κ1) is 15.6. The highest BCUT2D eigenvalue weighted by atomic mass is 16.3. The predicted molar refractivity (Wildman–Crippen MR) is 90.1 cm³/mol. The molecule has 0 aliphatic rings. The van der Waals surface area contributed by atoms with Crippen LogP contribution in [0.3, 0.4) is 0 Å². The second kappa shape index (κ2) is 6.31. The third kappa shape index (κ3) is 3.64. The molecule has 0 saturated carbocycles. The summed E-state index contributed by atoms with van der Waals surface area (Å²) in [5, 5.41) is 10.6. The van der Waals surface area contributed by atoms with Crippen LogP contribution in [-0.2, 0) is 0 Å². The second-order valence-corrected chi connectivity index (χ2v) is 6.05. The summed E-state index contributed by atoms with van der Waals surface area (Å²) < 4.78 is 0. The summed E-state index contributed by atoms with van der Waals surface area (Å²) in [4.78, 5) is 2.11. The zero-order chi connectivity index (χ0) is 15.6. The predicted octanol–water partition coefficient (Wildman–Crippen LogP) is 4.09. The van der Waals surface area contributed by atoms with Crippen molar-refractivity contribution in [2.45, 2.75) is 33.8 Å². The molecule has 0 fully saturated rings. The van der Waals surface area contributed by atoms with Gasteiger partial charge in [0.15, 0.2) is 0 Å². The van der Waals surface area contributed by atoms with E-state index in [9.17, 15) is 5.11 Å². The average Bonchev–Trinajstić information content (AvgIpc) is 2.37. The van der Waals surface area contributed by atoms with Gasteiger partial charge in [-0.2, -0.15) is 0 Å². The van der Waals surface area contributed by atoms with E-state index in [0.717, 1.165) is 22.4 Å². The van der Waals surface area contributed by atoms with E-state index in [2.05, 4.69) is 69.0 Å². The first-order valence-electron chi connectivity index (χ1n) is 7.42. The molecule has 0 saturated heterocycles. The molecule has 2 rings (SSSR count). The van der Waals surface area contributed by atoms with Gasteiger partial charge in [-0.15, -0.1) is 0 Å². The van der Waals surface area contributed by atoms with Gasteiger partial charge in [0.2, 0.25) is 0 Å². The van der Waals surface area contributed by atoms with Crippen LogP contribution in [0.4, 0.5) is 5.69 Å². The van der Waals surface area contributed by atoms with Crippen molar-refractivity contribution in [2.75, 3.05) is 18.5 Å². The van der Waals surface area contributed by atoms with E-state index in [4.69, 9.17) is 0 Å². The molecule has 2 nitrogen and oxygen atoms in total. The summed E-state index contributed by atoms with van der Waals surface area (Å²) in [6, 6.07) is 12.6. The number of aliphatic hydroxyl groups excluding tert-OH is 1. The van der Waals surface area contributed by atoms with Crippen LogP contribution in [0.5, 0.6) is 0 Å². The lowest BCUT2D eigenvalue weighted by Gasteiger charge is -2.25. The number of aliphatic hydroxyl groups is 1. The number of hydrogen-bond donors (Lipinski definition) is 1. The summed E-state index contributed by atoms with van der Waals surface area (Å²) in [6.45, 7) is 8.92. The van der Waals surface area contributed by atoms with E-state index in [1.165, 1.54) is 11.1 Å². The SMILES string of the molecule is Cc1cccc(N(C)CC(O)c2c(C)cc(C)cc2C)c1. The Morgan fingerprint density at radius 2 is 1.57 bits per heavy atom. The number of likely N-dealkylation sites (N-methyl/N-ethyl adjacent to an activating group) is 1. The molecule has 0 radical (unpaired) electrons. The Hall–Kier alpha value is -1.80. The quantitative estimate of drug-likeness (QED) is 0.913. The Balaban J connectivity index is 2.20. The first-order chi connectivity index (χ1) is 9.88. The maximum absolute atomic E-state index is 10.6. The van der Waals surface area contributed by atoms with Crippen LogP contribution in [0.15, 0.2) is 36.4 Å². The zero-order valence-corrected chi connectivity index (χ0v) is 13.6. The fraction of sp³-hybridized carbons (Fsp3) is 0.368. The summed E-state index contributed by atoms with van der Waals surface area (Å²) in [5.74, 6) is 0. The van der Waals surface area contributed by atoms with Gasteiger partial charge in [0.05, 0.1) is 6.10 Å². The van der Waals surface area contributed by atoms with Crippen LogP contribution in [0, 0.1) is 27.7 Å². The van der Waals surface area contributed by atoms with Crippen LogP contribution < -0.4 is 4.90 Å². The number of anilines is 1. The topological polar surface area (TPSA) is 23.5 Å². The van der Waals surface area contributed by atoms with Gasteiger partial charge in [0.1, 0.15) is 0 Å². The van der Waals surface area contributed by atoms with E-state index >= 15 is 0 Å². The number of benzene rings is 2. The van der Waals surface area contributed by atoms with Crippen LogP contribution in [0.25, 0.3) is 0 Å². The number of rotatable bonds is 4. The molecular weight excluding hydrogens is 258 g/mol. The van der Waals surface area contributed by atoms with Gasteiger partial charge < -0.3 is 10.0 Å². The molecule has 2 aromatic rings. The minimum Gasteiger partial charge on any atom is -0.387 e. The monoisotopic (exact) mass is 283 g/mol. The van der Waals surface area contributed by atoms with Gasteiger partial charge in [0.25, 0.3) is 0 Å². The van der Waals surface area contributed by atoms with Crippen LogP contribution >= 0.6 is 0 Å². The van der Waals surface area contributed by atoms with Crippen molar-refractivity contribution in [1.29, 1.82) is 0 Å². The third-order valence-corrected chi connectivity index (χ3v) is 3.96. The first-order valence-corrected chi connectivity index (χ1v) is 7.42. The summed E-state index contributed by atoms with van der Waals surface area (Å²) in [7, 11) is 2.02. The average molecular weight is 283 g/mol. The van der Waals surface area contributed by atoms with Crippen molar-refractivity contribution in [2.24, 2.45) is 0 Å². The Morgan fingerprint density at radius 3 is 2.14 bits per heavy atom. The van der Waals surface area contributed by atoms with E-state index in [1.54, 1.807) is 0 Å². The smallest absolute Gasteiger partial charge is 0.0969 e. The Kier molecular flexibility index (Phi) is 4.69. The molecule has 0 heterocycles. The van der Waals surface area contributed by atoms with Crippen molar-refractivity contribution >= 4 is 5.69 Å². The Labute approximate surface area is 128 Å². The highest BCUT2D eigenvalue weighted by molar-refractivity contribution is 5.48. The normalized spacial score (nSPS) is 12.3. The van der Waals surface area contributed by atoms with E-state index in [1.807, 2.05) is 7.05 Å². The molecule has 0 aliphatic heterocycles. The van der Waals surface area contributed by atoms with Gasteiger partial charge >= 0.3 is 0 Å². The standard InChI is InChI=1S/C19H25NO/c1-13-7-6-8-17(11-13)20(5)12-18(21)19-15(3)9-14(2)10-16(19)4/h6-11,18,21H,12H2,1-5H3. The minimum atomic E-state index is -0.476. The Morgan fingerprint density at radius 1 is 0.952 bits per heavy atom. The lowest BCUT2D eigenvalue weighted by molar-refractivity contribution is 0.183. The molecule has 0 aliphatic carbocycles. The van der Waals surface area contributed by atoms with Crippen LogP contribution in [0.2, 0.25) is 0 Å². The maximum atomic E-state index is 10.6. The lowest BCUT2D eigenvalue weighted by atomic mass is 9.95. The molecule has 2 aromatic carbocycles. The molecular formula is C19H25NO.